The van der Waals surface area contributed by atoms with E-state index in [0.717, 1.165) is 16.3 Å². The normalized spacial score (nSPS) is 12.2. The quantitative estimate of drug-likeness (QED) is 0.821. The number of hydrogen-bond acceptors (Lipinski definition) is 5. The van der Waals surface area contributed by atoms with Gasteiger partial charge in [-0.25, -0.2) is 9.97 Å². The predicted molar refractivity (Wildman–Crippen MR) is 85.1 cm³/mol. The number of anilines is 2. The van der Waals surface area contributed by atoms with E-state index in [1.165, 1.54) is 5.56 Å². The summed E-state index contributed by atoms with van der Waals surface area (Å²) in [5.41, 5.74) is 8.01. The Kier molecular flexibility index (Phi) is 4.84. The van der Waals surface area contributed by atoms with Gasteiger partial charge in [0.05, 0.1) is 0 Å². The third-order valence-electron chi connectivity index (χ3n) is 3.08. The maximum absolute atomic E-state index is 6.16. The van der Waals surface area contributed by atoms with Gasteiger partial charge in [0.15, 0.2) is 5.82 Å². The molecule has 0 saturated heterocycles. The molecular formula is C15H20N4S. The number of nitrogens with one attached hydrogen (secondary N) is 1. The fourth-order valence-corrected chi connectivity index (χ4v) is 2.43. The van der Waals surface area contributed by atoms with Crippen LogP contribution in [0.5, 0.6) is 0 Å². The van der Waals surface area contributed by atoms with Crippen molar-refractivity contribution in [1.82, 2.24) is 9.97 Å². The van der Waals surface area contributed by atoms with Crippen LogP contribution in [0, 0.1) is 6.92 Å². The first-order valence-electron chi connectivity index (χ1n) is 6.71. The molecular weight excluding hydrogens is 268 g/mol. The lowest BCUT2D eigenvalue weighted by molar-refractivity contribution is 0.757. The van der Waals surface area contributed by atoms with Gasteiger partial charge < -0.3 is 11.1 Å². The molecule has 1 heterocycles. The molecule has 0 aliphatic heterocycles. The summed E-state index contributed by atoms with van der Waals surface area (Å²) >= 11 is 1.56. The van der Waals surface area contributed by atoms with E-state index in [0.29, 0.717) is 17.5 Å². The zero-order valence-electron chi connectivity index (χ0n) is 12.1. The van der Waals surface area contributed by atoms with Crippen LogP contribution in [-0.4, -0.2) is 16.0 Å². The topological polar surface area (TPSA) is 63.8 Å². The van der Waals surface area contributed by atoms with Crippen LogP contribution in [0.1, 0.15) is 25.8 Å². The summed E-state index contributed by atoms with van der Waals surface area (Å²) < 4.78 is 0. The number of nitrogens with two attached hydrogens (primary N) is 1. The van der Waals surface area contributed by atoms with Gasteiger partial charge in [0.1, 0.15) is 17.0 Å². The molecule has 3 N–H and O–H groups in total. The Balaban J connectivity index is 2.20. The van der Waals surface area contributed by atoms with Crippen LogP contribution < -0.4 is 11.1 Å². The van der Waals surface area contributed by atoms with E-state index in [2.05, 4.69) is 60.3 Å². The van der Waals surface area contributed by atoms with Crippen molar-refractivity contribution in [1.29, 1.82) is 0 Å². The summed E-state index contributed by atoms with van der Waals surface area (Å²) in [6.45, 7) is 6.30. The highest BCUT2D eigenvalue weighted by Crippen LogP contribution is 2.33. The number of nitrogens with zero attached hydrogens (tertiary/aromatic N) is 2. The fourth-order valence-electron chi connectivity index (χ4n) is 1.63. The molecule has 0 aliphatic carbocycles. The zero-order valence-corrected chi connectivity index (χ0v) is 12.9. The molecule has 106 valence electrons. The van der Waals surface area contributed by atoms with Crippen molar-refractivity contribution >= 4 is 23.3 Å². The predicted octanol–water partition coefficient (Wildman–Crippen LogP) is 3.73. The average Bonchev–Trinajstić information content (AvgIpc) is 2.45. The lowest BCUT2D eigenvalue weighted by Gasteiger charge is -2.15. The highest BCUT2D eigenvalue weighted by Gasteiger charge is 2.11. The van der Waals surface area contributed by atoms with Crippen molar-refractivity contribution < 1.29 is 0 Å². The fraction of sp³-hybridized carbons (Fsp3) is 0.333. The molecule has 1 unspecified atom stereocenters. The van der Waals surface area contributed by atoms with Gasteiger partial charge in [0, 0.05) is 10.9 Å². The first kappa shape index (κ1) is 14.7. The molecule has 0 fully saturated rings. The number of benzene rings is 1. The van der Waals surface area contributed by atoms with Gasteiger partial charge in [-0.15, -0.1) is 0 Å². The van der Waals surface area contributed by atoms with Gasteiger partial charge in [-0.1, -0.05) is 36.4 Å². The molecule has 4 nitrogen and oxygen atoms in total. The van der Waals surface area contributed by atoms with Crippen LogP contribution in [0.25, 0.3) is 0 Å². The second-order valence-corrected chi connectivity index (χ2v) is 5.87. The highest BCUT2D eigenvalue weighted by atomic mass is 32.2. The maximum atomic E-state index is 6.16. The molecule has 0 aliphatic rings. The van der Waals surface area contributed by atoms with Crippen molar-refractivity contribution in [2.75, 3.05) is 11.1 Å². The molecule has 0 spiro atoms. The van der Waals surface area contributed by atoms with E-state index < -0.39 is 0 Å². The molecule has 2 aromatic rings. The van der Waals surface area contributed by atoms with E-state index in [1.807, 2.05) is 0 Å². The standard InChI is InChI=1S/C15H20N4S/c1-4-11(3)19-14-13(16)15(18-9-17-14)20-12-7-5-10(2)6-8-12/h5-9,11H,4,16H2,1-3H3,(H,17,18,19). The summed E-state index contributed by atoms with van der Waals surface area (Å²) in [5.74, 6) is 0.712. The minimum absolute atomic E-state index is 0.337. The van der Waals surface area contributed by atoms with Crippen molar-refractivity contribution in [3.8, 4) is 0 Å². The smallest absolute Gasteiger partial charge is 0.154 e. The third-order valence-corrected chi connectivity index (χ3v) is 4.10. The van der Waals surface area contributed by atoms with E-state index >= 15 is 0 Å². The molecule has 1 atom stereocenters. The van der Waals surface area contributed by atoms with Crippen LogP contribution in [0.2, 0.25) is 0 Å². The van der Waals surface area contributed by atoms with Crippen LogP contribution in [0.3, 0.4) is 0 Å². The molecule has 0 bridgehead atoms. The van der Waals surface area contributed by atoms with Crippen molar-refractivity contribution in [2.24, 2.45) is 0 Å². The first-order chi connectivity index (χ1) is 9.60. The van der Waals surface area contributed by atoms with Crippen molar-refractivity contribution in [2.45, 2.75) is 43.2 Å². The second kappa shape index (κ2) is 6.61. The van der Waals surface area contributed by atoms with E-state index in [-0.39, 0.29) is 0 Å². The van der Waals surface area contributed by atoms with E-state index in [4.69, 9.17) is 5.73 Å². The number of aryl methyl sites for hydroxylation is 1. The first-order valence-corrected chi connectivity index (χ1v) is 7.53. The number of nitrogen functional groups attached to an aromatic ring is 1. The molecule has 0 radical (unpaired) electrons. The number of rotatable bonds is 5. The highest BCUT2D eigenvalue weighted by molar-refractivity contribution is 7.99. The number of hydrogen-bond donors (Lipinski definition) is 2. The second-order valence-electron chi connectivity index (χ2n) is 4.81. The minimum Gasteiger partial charge on any atom is -0.394 e. The Hall–Kier alpha value is -1.75. The molecule has 0 saturated carbocycles. The molecule has 2 rings (SSSR count). The van der Waals surface area contributed by atoms with Crippen LogP contribution in [0.15, 0.2) is 40.5 Å². The Morgan fingerprint density at radius 2 is 1.95 bits per heavy atom. The van der Waals surface area contributed by atoms with Gasteiger partial charge in [0.2, 0.25) is 0 Å². The lowest BCUT2D eigenvalue weighted by atomic mass is 10.2. The summed E-state index contributed by atoms with van der Waals surface area (Å²) in [5, 5.41) is 4.09. The molecule has 1 aromatic carbocycles. The van der Waals surface area contributed by atoms with Gasteiger partial charge >= 0.3 is 0 Å². The van der Waals surface area contributed by atoms with Crippen LogP contribution >= 0.6 is 11.8 Å². The summed E-state index contributed by atoms with van der Waals surface area (Å²) in [4.78, 5) is 9.62. The summed E-state index contributed by atoms with van der Waals surface area (Å²) in [7, 11) is 0. The van der Waals surface area contributed by atoms with Crippen molar-refractivity contribution in [3.05, 3.63) is 36.2 Å². The van der Waals surface area contributed by atoms with Crippen LogP contribution in [-0.2, 0) is 0 Å². The number of aromatic nitrogens is 2. The molecule has 0 amide bonds. The van der Waals surface area contributed by atoms with Gasteiger partial charge in [-0.3, -0.25) is 0 Å². The summed E-state index contributed by atoms with van der Waals surface area (Å²) in [6.07, 6.45) is 2.57. The Morgan fingerprint density at radius 3 is 2.60 bits per heavy atom. The maximum Gasteiger partial charge on any atom is 0.154 e. The zero-order chi connectivity index (χ0) is 14.5. The van der Waals surface area contributed by atoms with E-state index in [9.17, 15) is 0 Å². The monoisotopic (exact) mass is 288 g/mol. The molecule has 5 heteroatoms. The largest absolute Gasteiger partial charge is 0.394 e. The van der Waals surface area contributed by atoms with Crippen LogP contribution in [0.4, 0.5) is 11.5 Å². The SMILES string of the molecule is CCC(C)Nc1ncnc(Sc2ccc(C)cc2)c1N. The van der Waals surface area contributed by atoms with E-state index in [1.54, 1.807) is 18.1 Å². The third kappa shape index (κ3) is 3.63. The van der Waals surface area contributed by atoms with Crippen molar-refractivity contribution in [3.63, 3.8) is 0 Å². The molecule has 20 heavy (non-hydrogen) atoms. The van der Waals surface area contributed by atoms with Gasteiger partial charge in [-0.2, -0.15) is 0 Å². The Morgan fingerprint density at radius 1 is 1.25 bits per heavy atom. The summed E-state index contributed by atoms with van der Waals surface area (Å²) in [6, 6.07) is 8.65. The molecule has 1 aromatic heterocycles. The average molecular weight is 288 g/mol. The minimum atomic E-state index is 0.337. The lowest BCUT2D eigenvalue weighted by Crippen LogP contribution is -2.16. The Labute approximate surface area is 124 Å². The van der Waals surface area contributed by atoms with Gasteiger partial charge in [0.25, 0.3) is 0 Å². The Bertz CT molecular complexity index is 569. The van der Waals surface area contributed by atoms with Gasteiger partial charge in [-0.05, 0) is 32.4 Å².